The molecule has 1 aliphatic heterocycles. The lowest BCUT2D eigenvalue weighted by atomic mass is 10.00. The van der Waals surface area contributed by atoms with Crippen molar-refractivity contribution in [2.75, 3.05) is 6.61 Å². The first-order chi connectivity index (χ1) is 11.7. The summed E-state index contributed by atoms with van der Waals surface area (Å²) < 4.78 is 5.61. The first-order valence-corrected chi connectivity index (χ1v) is 9.12. The van der Waals surface area contributed by atoms with E-state index in [9.17, 15) is 9.59 Å². The predicted octanol–water partition coefficient (Wildman–Crippen LogP) is 3.17. The molecule has 0 spiro atoms. The van der Waals surface area contributed by atoms with E-state index in [0.717, 1.165) is 18.5 Å². The molecule has 1 aromatic carbocycles. The molecule has 2 aliphatic rings. The number of rotatable bonds is 3. The molecule has 0 radical (unpaired) electrons. The van der Waals surface area contributed by atoms with Gasteiger partial charge in [0, 0.05) is 5.92 Å². The number of aromatic nitrogens is 1. The largest absolute Gasteiger partial charge is 0.490 e. The molecule has 124 valence electrons. The molecule has 2 heterocycles. The van der Waals surface area contributed by atoms with Crippen LogP contribution in [0.4, 0.5) is 0 Å². The van der Waals surface area contributed by atoms with Gasteiger partial charge in [0.25, 0.3) is 5.91 Å². The average Bonchev–Trinajstić information content (AvgIpc) is 3.28. The van der Waals surface area contributed by atoms with E-state index in [0.29, 0.717) is 22.1 Å². The van der Waals surface area contributed by atoms with Crippen LogP contribution in [0, 0.1) is 0 Å². The second-order valence-corrected chi connectivity index (χ2v) is 7.10. The summed E-state index contributed by atoms with van der Waals surface area (Å²) in [6.45, 7) is 0.166. The Morgan fingerprint density at radius 2 is 2.04 bits per heavy atom. The Kier molecular flexibility index (Phi) is 4.06. The van der Waals surface area contributed by atoms with E-state index >= 15 is 0 Å². The summed E-state index contributed by atoms with van der Waals surface area (Å²) in [4.78, 5) is 30.3. The van der Waals surface area contributed by atoms with Gasteiger partial charge in [-0.25, -0.2) is 4.98 Å². The molecule has 1 saturated carbocycles. The third-order valence-corrected chi connectivity index (χ3v) is 5.56. The van der Waals surface area contributed by atoms with Crippen LogP contribution >= 0.6 is 11.3 Å². The van der Waals surface area contributed by atoms with Crippen molar-refractivity contribution in [1.82, 2.24) is 10.3 Å². The summed E-state index contributed by atoms with van der Waals surface area (Å²) in [5, 5.41) is 2.83. The van der Waals surface area contributed by atoms with Crippen molar-refractivity contribution in [3.8, 4) is 5.75 Å². The normalized spacial score (nSPS) is 20.5. The highest BCUT2D eigenvalue weighted by Crippen LogP contribution is 2.36. The molecule has 0 saturated heterocycles. The zero-order valence-electron chi connectivity index (χ0n) is 13.2. The number of ether oxygens (including phenoxy) is 1. The Labute approximate surface area is 144 Å². The van der Waals surface area contributed by atoms with E-state index in [-0.39, 0.29) is 18.3 Å². The van der Waals surface area contributed by atoms with Crippen molar-refractivity contribution in [1.29, 1.82) is 0 Å². The van der Waals surface area contributed by atoms with Crippen LogP contribution < -0.4 is 10.1 Å². The fraction of sp³-hybridized carbons (Fsp3) is 0.389. The van der Waals surface area contributed by atoms with Gasteiger partial charge in [-0.1, -0.05) is 25.0 Å². The molecule has 1 fully saturated rings. The SMILES string of the molecule is O=C(N[C@@H]1COc2ccccc2C1=O)c1scnc1C1CCCC1. The van der Waals surface area contributed by atoms with Gasteiger partial charge in [-0.3, -0.25) is 9.59 Å². The van der Waals surface area contributed by atoms with Gasteiger partial charge in [0.15, 0.2) is 5.78 Å². The highest BCUT2D eigenvalue weighted by molar-refractivity contribution is 7.11. The zero-order valence-corrected chi connectivity index (χ0v) is 14.0. The molecule has 0 bridgehead atoms. The van der Waals surface area contributed by atoms with E-state index in [1.807, 2.05) is 6.07 Å². The summed E-state index contributed by atoms with van der Waals surface area (Å²) in [7, 11) is 0. The van der Waals surface area contributed by atoms with Crippen molar-refractivity contribution in [3.63, 3.8) is 0 Å². The quantitative estimate of drug-likeness (QED) is 0.930. The predicted molar refractivity (Wildman–Crippen MR) is 90.8 cm³/mol. The van der Waals surface area contributed by atoms with Crippen molar-refractivity contribution >= 4 is 23.0 Å². The van der Waals surface area contributed by atoms with Crippen molar-refractivity contribution in [2.45, 2.75) is 37.6 Å². The Balaban J connectivity index is 1.51. The van der Waals surface area contributed by atoms with E-state index in [2.05, 4.69) is 10.3 Å². The second kappa shape index (κ2) is 6.36. The fourth-order valence-corrected chi connectivity index (χ4v) is 4.26. The van der Waals surface area contributed by atoms with Crippen LogP contribution in [0.3, 0.4) is 0 Å². The molecule has 5 nitrogen and oxygen atoms in total. The number of para-hydroxylation sites is 1. The first-order valence-electron chi connectivity index (χ1n) is 8.24. The number of benzene rings is 1. The van der Waals surface area contributed by atoms with Crippen molar-refractivity contribution < 1.29 is 14.3 Å². The molecule has 6 heteroatoms. The van der Waals surface area contributed by atoms with Crippen molar-refractivity contribution in [2.24, 2.45) is 0 Å². The molecular formula is C18H18N2O3S. The number of fused-ring (bicyclic) bond motifs is 1. The molecule has 1 N–H and O–H groups in total. The van der Waals surface area contributed by atoms with Gasteiger partial charge in [-0.2, -0.15) is 0 Å². The molecule has 2 aromatic rings. The van der Waals surface area contributed by atoms with Gasteiger partial charge < -0.3 is 10.1 Å². The number of carbonyl (C=O) groups is 2. The molecule has 1 atom stereocenters. The van der Waals surface area contributed by atoms with Gasteiger partial charge in [0.2, 0.25) is 0 Å². The minimum absolute atomic E-state index is 0.0999. The van der Waals surface area contributed by atoms with Gasteiger partial charge in [0.05, 0.1) is 16.8 Å². The molecule has 4 rings (SSSR count). The number of hydrogen-bond acceptors (Lipinski definition) is 5. The van der Waals surface area contributed by atoms with Gasteiger partial charge in [0.1, 0.15) is 23.3 Å². The van der Waals surface area contributed by atoms with Crippen molar-refractivity contribution in [3.05, 3.63) is 45.9 Å². The lowest BCUT2D eigenvalue weighted by Crippen LogP contribution is -2.47. The number of thiazole rings is 1. The Bertz CT molecular complexity index is 780. The van der Waals surface area contributed by atoms with Crippen LogP contribution in [0.5, 0.6) is 5.75 Å². The Hall–Kier alpha value is -2.21. The lowest BCUT2D eigenvalue weighted by Gasteiger charge is -2.24. The van der Waals surface area contributed by atoms with Crippen LogP contribution in [-0.2, 0) is 0 Å². The maximum absolute atomic E-state index is 12.7. The summed E-state index contributed by atoms with van der Waals surface area (Å²) in [6.07, 6.45) is 4.55. The maximum atomic E-state index is 12.7. The van der Waals surface area contributed by atoms with Gasteiger partial charge in [-0.15, -0.1) is 11.3 Å². The fourth-order valence-electron chi connectivity index (χ4n) is 3.48. The summed E-state index contributed by atoms with van der Waals surface area (Å²) in [6, 6.07) is 6.48. The van der Waals surface area contributed by atoms with E-state index in [4.69, 9.17) is 4.74 Å². The average molecular weight is 342 g/mol. The van der Waals surface area contributed by atoms with Crippen LogP contribution in [0.2, 0.25) is 0 Å². The third kappa shape index (κ3) is 2.71. The van der Waals surface area contributed by atoms with Crippen LogP contribution in [0.15, 0.2) is 29.8 Å². The van der Waals surface area contributed by atoms with E-state index in [1.54, 1.807) is 23.7 Å². The first kappa shape index (κ1) is 15.3. The number of nitrogens with zero attached hydrogens (tertiary/aromatic N) is 1. The minimum Gasteiger partial charge on any atom is -0.490 e. The Morgan fingerprint density at radius 1 is 1.25 bits per heavy atom. The smallest absolute Gasteiger partial charge is 0.264 e. The number of ketones is 1. The highest BCUT2D eigenvalue weighted by atomic mass is 32.1. The molecule has 1 amide bonds. The number of hydrogen-bond donors (Lipinski definition) is 1. The van der Waals surface area contributed by atoms with Crippen LogP contribution in [0.1, 0.15) is 57.3 Å². The third-order valence-electron chi connectivity index (χ3n) is 4.72. The lowest BCUT2D eigenvalue weighted by molar-refractivity contribution is 0.0796. The maximum Gasteiger partial charge on any atom is 0.264 e. The number of amides is 1. The van der Waals surface area contributed by atoms with Gasteiger partial charge in [-0.05, 0) is 25.0 Å². The number of nitrogens with one attached hydrogen (secondary N) is 1. The second-order valence-electron chi connectivity index (χ2n) is 6.25. The summed E-state index contributed by atoms with van der Waals surface area (Å²) >= 11 is 1.34. The molecule has 1 aromatic heterocycles. The van der Waals surface area contributed by atoms with E-state index in [1.165, 1.54) is 24.2 Å². The van der Waals surface area contributed by atoms with Gasteiger partial charge >= 0.3 is 0 Å². The highest BCUT2D eigenvalue weighted by Gasteiger charge is 2.32. The monoisotopic (exact) mass is 342 g/mol. The number of Topliss-reactive ketones (excluding diaryl/α,β-unsaturated/α-hetero) is 1. The summed E-state index contributed by atoms with van der Waals surface area (Å²) in [5.41, 5.74) is 3.13. The molecular weight excluding hydrogens is 324 g/mol. The van der Waals surface area contributed by atoms with Crippen LogP contribution in [-0.4, -0.2) is 29.3 Å². The summed E-state index contributed by atoms with van der Waals surface area (Å²) in [5.74, 6) is 0.631. The Morgan fingerprint density at radius 3 is 2.88 bits per heavy atom. The molecule has 1 aliphatic carbocycles. The molecule has 0 unspecified atom stereocenters. The zero-order chi connectivity index (χ0) is 16.5. The standard InChI is InChI=1S/C18H18N2O3S/c21-16-12-7-3-4-8-14(12)23-9-13(16)20-18(22)17-15(19-10-24-17)11-5-1-2-6-11/h3-4,7-8,10-11,13H,1-2,5-6,9H2,(H,20,22)/t13-/m1/s1. The molecule has 24 heavy (non-hydrogen) atoms. The minimum atomic E-state index is -0.647. The number of carbonyl (C=O) groups excluding carboxylic acids is 2. The topological polar surface area (TPSA) is 68.3 Å². The van der Waals surface area contributed by atoms with E-state index < -0.39 is 6.04 Å². The van der Waals surface area contributed by atoms with Crippen LogP contribution in [0.25, 0.3) is 0 Å².